The summed E-state index contributed by atoms with van der Waals surface area (Å²) in [6.07, 6.45) is 90.6. The number of likely N-dealkylation sites (N-methyl/N-ethyl adjacent to an activating group) is 1. The molecular formula is C72H120NO8P. The highest BCUT2D eigenvalue weighted by atomic mass is 31.2. The predicted molar refractivity (Wildman–Crippen MR) is 350 cm³/mol. The largest absolute Gasteiger partial charge is 0.756 e. The van der Waals surface area contributed by atoms with Crippen LogP contribution in [0.5, 0.6) is 0 Å². The van der Waals surface area contributed by atoms with Crippen LogP contribution in [0.3, 0.4) is 0 Å². The smallest absolute Gasteiger partial charge is 0.306 e. The van der Waals surface area contributed by atoms with Gasteiger partial charge in [0, 0.05) is 12.8 Å². The van der Waals surface area contributed by atoms with Crippen LogP contribution in [0.15, 0.2) is 146 Å². The number of carbonyl (C=O) groups excluding carboxylic acids is 2. The molecule has 0 N–H and O–H groups in total. The van der Waals surface area contributed by atoms with E-state index in [-0.39, 0.29) is 26.1 Å². The topological polar surface area (TPSA) is 111 Å². The molecule has 0 aliphatic heterocycles. The maximum atomic E-state index is 12.8. The standard InChI is InChI=1S/C72H120NO8P/c1-6-8-10-12-14-16-18-20-22-24-26-27-28-29-30-31-32-33-34-35-36-37-38-39-40-41-42-43-44-45-47-49-51-53-55-57-59-61-63-65-72(75)81-70(69-80-82(76,77)79-67-66-73(3,4)5)68-78-71(74)64-62-60-58-56-54-52-50-48-46-25-23-21-19-17-15-13-11-9-7-2/h8-11,14-17,20-23,26-27,29-30,32-33,35-36,46,48,52,54,70H,6-7,12-13,18-19,24-25,28,31,34,37-45,47,49-51,53,55-69H2,1-5H3/b10-8-,11-9-,16-14-,17-15-,22-20-,23-21-,27-26-,30-29-,33-32-,36-35-,48-46-,54-52-. The number of nitrogens with zero attached hydrogens (tertiary/aromatic N) is 1. The molecule has 466 valence electrons. The van der Waals surface area contributed by atoms with Crippen LogP contribution in [0.25, 0.3) is 0 Å². The van der Waals surface area contributed by atoms with E-state index in [4.69, 9.17) is 18.5 Å². The number of hydrogen-bond donors (Lipinski definition) is 0. The van der Waals surface area contributed by atoms with Crippen molar-refractivity contribution < 1.29 is 42.1 Å². The maximum Gasteiger partial charge on any atom is 0.306 e. The second-order valence-electron chi connectivity index (χ2n) is 22.4. The molecule has 2 unspecified atom stereocenters. The quantitative estimate of drug-likeness (QED) is 0.0195. The molecule has 0 rings (SSSR count). The van der Waals surface area contributed by atoms with Crippen molar-refractivity contribution in [3.8, 4) is 0 Å². The molecule has 0 heterocycles. The van der Waals surface area contributed by atoms with Gasteiger partial charge >= 0.3 is 11.9 Å². The molecule has 82 heavy (non-hydrogen) atoms. The zero-order valence-corrected chi connectivity index (χ0v) is 53.8. The average Bonchev–Trinajstić information content (AvgIpc) is 3.46. The van der Waals surface area contributed by atoms with Crippen molar-refractivity contribution in [3.63, 3.8) is 0 Å². The summed E-state index contributed by atoms with van der Waals surface area (Å²) in [4.78, 5) is 37.9. The van der Waals surface area contributed by atoms with Crippen LogP contribution in [-0.4, -0.2) is 70.0 Å². The summed E-state index contributed by atoms with van der Waals surface area (Å²) in [6, 6.07) is 0. The van der Waals surface area contributed by atoms with E-state index < -0.39 is 32.5 Å². The van der Waals surface area contributed by atoms with Gasteiger partial charge in [-0.3, -0.25) is 14.2 Å². The summed E-state index contributed by atoms with van der Waals surface area (Å²) in [7, 11) is 1.13. The van der Waals surface area contributed by atoms with Crippen LogP contribution in [0.4, 0.5) is 0 Å². The van der Waals surface area contributed by atoms with E-state index in [0.29, 0.717) is 23.9 Å². The van der Waals surface area contributed by atoms with Crippen LogP contribution in [0, 0.1) is 0 Å². The van der Waals surface area contributed by atoms with Crippen LogP contribution in [0.1, 0.15) is 245 Å². The minimum absolute atomic E-state index is 0.0425. The second kappa shape index (κ2) is 61.5. The Kier molecular flexibility index (Phi) is 58.4. The molecule has 0 bridgehead atoms. The molecular weight excluding hydrogens is 1040 g/mol. The number of esters is 2. The lowest BCUT2D eigenvalue weighted by Crippen LogP contribution is -2.37. The van der Waals surface area contributed by atoms with Gasteiger partial charge < -0.3 is 27.9 Å². The molecule has 0 radical (unpaired) electrons. The highest BCUT2D eigenvalue weighted by molar-refractivity contribution is 7.45. The Morgan fingerprint density at radius 3 is 0.988 bits per heavy atom. The van der Waals surface area contributed by atoms with Gasteiger partial charge in [0.05, 0.1) is 27.7 Å². The van der Waals surface area contributed by atoms with Crippen LogP contribution in [0.2, 0.25) is 0 Å². The molecule has 10 heteroatoms. The molecule has 0 aliphatic carbocycles. The van der Waals surface area contributed by atoms with E-state index in [1.807, 2.05) is 21.1 Å². The number of rotatable bonds is 58. The molecule has 2 atom stereocenters. The summed E-state index contributed by atoms with van der Waals surface area (Å²) < 4.78 is 34.2. The van der Waals surface area contributed by atoms with Crippen molar-refractivity contribution in [2.45, 2.75) is 251 Å². The van der Waals surface area contributed by atoms with Gasteiger partial charge in [-0.2, -0.15) is 0 Å². The number of phosphoric ester groups is 1. The summed E-state index contributed by atoms with van der Waals surface area (Å²) in [5.41, 5.74) is 0. The highest BCUT2D eigenvalue weighted by Crippen LogP contribution is 2.38. The van der Waals surface area contributed by atoms with Crippen molar-refractivity contribution in [2.75, 3.05) is 47.5 Å². The van der Waals surface area contributed by atoms with E-state index in [0.717, 1.165) is 116 Å². The van der Waals surface area contributed by atoms with E-state index in [2.05, 4.69) is 160 Å². The fraction of sp³-hybridized carbons (Fsp3) is 0.639. The lowest BCUT2D eigenvalue weighted by molar-refractivity contribution is -0.870. The minimum atomic E-state index is -4.65. The first-order valence-corrected chi connectivity index (χ1v) is 34.0. The third kappa shape index (κ3) is 65.0. The number of hydrogen-bond acceptors (Lipinski definition) is 8. The molecule has 0 aromatic heterocycles. The third-order valence-electron chi connectivity index (χ3n) is 13.4. The Hall–Kier alpha value is -4.11. The molecule has 0 spiro atoms. The van der Waals surface area contributed by atoms with Crippen molar-refractivity contribution >= 4 is 19.8 Å². The van der Waals surface area contributed by atoms with E-state index >= 15 is 0 Å². The van der Waals surface area contributed by atoms with Crippen molar-refractivity contribution in [3.05, 3.63) is 146 Å². The van der Waals surface area contributed by atoms with Gasteiger partial charge in [0.15, 0.2) is 6.10 Å². The number of quaternary nitrogens is 1. The third-order valence-corrected chi connectivity index (χ3v) is 14.3. The van der Waals surface area contributed by atoms with E-state index in [9.17, 15) is 19.0 Å². The van der Waals surface area contributed by atoms with Gasteiger partial charge in [-0.1, -0.05) is 262 Å². The number of ether oxygens (including phenoxy) is 2. The number of unbranched alkanes of at least 4 members (excludes halogenated alkanes) is 20. The number of allylic oxidation sites excluding steroid dienone is 24. The van der Waals surface area contributed by atoms with Crippen LogP contribution >= 0.6 is 7.82 Å². The van der Waals surface area contributed by atoms with Crippen molar-refractivity contribution in [2.24, 2.45) is 0 Å². The number of phosphoric acid groups is 1. The summed E-state index contributed by atoms with van der Waals surface area (Å²) in [5.74, 6) is -0.875. The molecule has 9 nitrogen and oxygen atoms in total. The summed E-state index contributed by atoms with van der Waals surface area (Å²) in [5, 5.41) is 0. The summed E-state index contributed by atoms with van der Waals surface area (Å²) >= 11 is 0. The Labute approximate surface area is 503 Å². The summed E-state index contributed by atoms with van der Waals surface area (Å²) in [6.45, 7) is 3.96. The molecule has 0 aromatic carbocycles. The van der Waals surface area contributed by atoms with Gasteiger partial charge in [-0.25, -0.2) is 0 Å². The molecule has 0 aliphatic rings. The fourth-order valence-corrected chi connectivity index (χ4v) is 9.16. The van der Waals surface area contributed by atoms with Gasteiger partial charge in [0.2, 0.25) is 0 Å². The van der Waals surface area contributed by atoms with Gasteiger partial charge in [0.25, 0.3) is 7.82 Å². The van der Waals surface area contributed by atoms with Crippen molar-refractivity contribution in [1.29, 1.82) is 0 Å². The first-order valence-electron chi connectivity index (χ1n) is 32.5. The molecule has 0 saturated heterocycles. The van der Waals surface area contributed by atoms with E-state index in [1.165, 1.54) is 89.9 Å². The van der Waals surface area contributed by atoms with Gasteiger partial charge in [-0.05, 0) is 116 Å². The Morgan fingerprint density at radius 1 is 0.378 bits per heavy atom. The van der Waals surface area contributed by atoms with Crippen LogP contribution < -0.4 is 4.89 Å². The van der Waals surface area contributed by atoms with E-state index in [1.54, 1.807) is 0 Å². The highest BCUT2D eigenvalue weighted by Gasteiger charge is 2.22. The SMILES string of the molecule is CC/C=C\C/C=C\C/C=C\C/C=C\C/C=C\C/C=C\C/C=C\CCCCCCCCCCCCCCCCCCCC(=O)OC(COC(=O)CCCCC/C=C\C/C=C\C/C=C\C/C=C\C/C=C\CC)COP(=O)([O-])OCC[N+](C)(C)C. The Morgan fingerprint density at radius 2 is 0.659 bits per heavy atom. The lowest BCUT2D eigenvalue weighted by atomic mass is 10.0. The molecule has 0 aromatic rings. The minimum Gasteiger partial charge on any atom is -0.756 e. The molecule has 0 amide bonds. The molecule has 0 saturated carbocycles. The average molecular weight is 1160 g/mol. The van der Waals surface area contributed by atoms with Crippen molar-refractivity contribution in [1.82, 2.24) is 0 Å². The normalized spacial score (nSPS) is 14.2. The predicted octanol–water partition coefficient (Wildman–Crippen LogP) is 20.4. The fourth-order valence-electron chi connectivity index (χ4n) is 8.43. The second-order valence-corrected chi connectivity index (χ2v) is 23.8. The zero-order valence-electron chi connectivity index (χ0n) is 52.9. The zero-order chi connectivity index (χ0) is 59.8. The monoisotopic (exact) mass is 1160 g/mol. The lowest BCUT2D eigenvalue weighted by Gasteiger charge is -2.28. The Bertz CT molecular complexity index is 1890. The van der Waals surface area contributed by atoms with Gasteiger partial charge in [0.1, 0.15) is 19.8 Å². The van der Waals surface area contributed by atoms with Gasteiger partial charge in [-0.15, -0.1) is 0 Å². The first kappa shape index (κ1) is 77.9. The van der Waals surface area contributed by atoms with Crippen LogP contribution in [-0.2, 0) is 32.7 Å². The maximum absolute atomic E-state index is 12.8. The first-order chi connectivity index (χ1) is 40.0. The number of carbonyl (C=O) groups is 2. The molecule has 0 fully saturated rings. The Balaban J connectivity index is 4.07.